The number of aliphatic hydroxyl groups excluding tert-OH is 2. The summed E-state index contributed by atoms with van der Waals surface area (Å²) in [5.74, 6) is -1.02. The molecule has 0 bridgehead atoms. The number of aliphatic hydroxyl groups is 2. The van der Waals surface area contributed by atoms with E-state index < -0.39 is 24.4 Å². The first kappa shape index (κ1) is 20.5. The van der Waals surface area contributed by atoms with Crippen molar-refractivity contribution in [1.82, 2.24) is 9.85 Å². The lowest BCUT2D eigenvalue weighted by Gasteiger charge is -2.15. The molecular formula is C18H18FN3O4S2. The van der Waals surface area contributed by atoms with Crippen LogP contribution in [-0.4, -0.2) is 46.1 Å². The summed E-state index contributed by atoms with van der Waals surface area (Å²) in [7, 11) is 0. The Morgan fingerprint density at radius 3 is 2.93 bits per heavy atom. The maximum absolute atomic E-state index is 14.4. The van der Waals surface area contributed by atoms with Gasteiger partial charge in [-0.2, -0.15) is 4.37 Å². The standard InChI is InChI=1S/C18H18FN3O4S2/c1-27-12-3-5-15(14(19)6-12)21-16-13(4-2-10-7-20-28-17(10)16)18(25)22-26-9-11(24)8-23/h2-7,11,21,23-24H,8-9H2,1H3,(H,22,25)/t11-/m1/s1. The molecule has 0 aliphatic carbocycles. The summed E-state index contributed by atoms with van der Waals surface area (Å²) in [5, 5.41) is 21.9. The summed E-state index contributed by atoms with van der Waals surface area (Å²) in [6, 6.07) is 8.11. The van der Waals surface area contributed by atoms with Crippen molar-refractivity contribution < 1.29 is 24.2 Å². The van der Waals surface area contributed by atoms with Crippen LogP contribution in [0.15, 0.2) is 41.4 Å². The average Bonchev–Trinajstić information content (AvgIpc) is 3.18. The third-order valence-electron chi connectivity index (χ3n) is 3.86. The average molecular weight is 423 g/mol. The molecule has 0 unspecified atom stereocenters. The Balaban J connectivity index is 1.90. The molecule has 0 fully saturated rings. The molecule has 7 nitrogen and oxygen atoms in total. The van der Waals surface area contributed by atoms with Gasteiger partial charge >= 0.3 is 0 Å². The van der Waals surface area contributed by atoms with E-state index in [-0.39, 0.29) is 17.9 Å². The van der Waals surface area contributed by atoms with Crippen LogP contribution in [0.1, 0.15) is 10.4 Å². The summed E-state index contributed by atoms with van der Waals surface area (Å²) >= 11 is 2.61. The van der Waals surface area contributed by atoms with Crippen molar-refractivity contribution in [3.05, 3.63) is 47.9 Å². The summed E-state index contributed by atoms with van der Waals surface area (Å²) in [4.78, 5) is 18.3. The number of anilines is 2. The monoisotopic (exact) mass is 423 g/mol. The molecular weight excluding hydrogens is 405 g/mol. The maximum Gasteiger partial charge on any atom is 0.277 e. The van der Waals surface area contributed by atoms with E-state index in [4.69, 9.17) is 9.94 Å². The summed E-state index contributed by atoms with van der Waals surface area (Å²) in [5.41, 5.74) is 3.07. The second-order valence-corrected chi connectivity index (χ2v) is 7.46. The molecule has 28 heavy (non-hydrogen) atoms. The van der Waals surface area contributed by atoms with E-state index in [1.807, 2.05) is 6.26 Å². The number of fused-ring (bicyclic) bond motifs is 1. The van der Waals surface area contributed by atoms with E-state index in [0.717, 1.165) is 10.3 Å². The van der Waals surface area contributed by atoms with Crippen molar-refractivity contribution in [3.8, 4) is 0 Å². The normalized spacial score (nSPS) is 12.1. The SMILES string of the molecule is CSc1ccc(Nc2c(C(=O)NOC[C@H](O)CO)ccc3cnsc23)c(F)c1. The van der Waals surface area contributed by atoms with Gasteiger partial charge in [-0.15, -0.1) is 11.8 Å². The minimum atomic E-state index is -1.11. The molecule has 4 N–H and O–H groups in total. The van der Waals surface area contributed by atoms with Gasteiger partial charge in [-0.3, -0.25) is 9.63 Å². The summed E-state index contributed by atoms with van der Waals surface area (Å²) in [6.45, 7) is -0.751. The quantitative estimate of drug-likeness (QED) is 0.326. The lowest BCUT2D eigenvalue weighted by molar-refractivity contribution is -0.0295. The van der Waals surface area contributed by atoms with Gasteiger partial charge in [0.05, 0.1) is 28.2 Å². The maximum atomic E-state index is 14.4. The fraction of sp³-hybridized carbons (Fsp3) is 0.222. The largest absolute Gasteiger partial charge is 0.394 e. The van der Waals surface area contributed by atoms with Crippen LogP contribution < -0.4 is 10.8 Å². The zero-order valence-corrected chi connectivity index (χ0v) is 16.4. The first-order chi connectivity index (χ1) is 13.5. The Morgan fingerprint density at radius 1 is 1.39 bits per heavy atom. The number of halogens is 1. The van der Waals surface area contributed by atoms with E-state index in [2.05, 4.69) is 15.2 Å². The highest BCUT2D eigenvalue weighted by atomic mass is 32.2. The predicted octanol–water partition coefficient (Wildman–Crippen LogP) is 2.92. The molecule has 0 spiro atoms. The van der Waals surface area contributed by atoms with Crippen LogP contribution in [0.25, 0.3) is 10.1 Å². The Kier molecular flexibility index (Phi) is 6.81. The number of nitrogens with one attached hydrogen (secondary N) is 2. The number of nitrogens with zero attached hydrogens (tertiary/aromatic N) is 1. The molecule has 0 aliphatic rings. The highest BCUT2D eigenvalue weighted by Crippen LogP contribution is 2.34. The fourth-order valence-corrected chi connectivity index (χ4v) is 3.59. The molecule has 148 valence electrons. The predicted molar refractivity (Wildman–Crippen MR) is 108 cm³/mol. The molecule has 1 aromatic heterocycles. The van der Waals surface area contributed by atoms with Crippen LogP contribution in [0, 0.1) is 5.82 Å². The van der Waals surface area contributed by atoms with E-state index in [0.29, 0.717) is 10.4 Å². The number of benzene rings is 2. The van der Waals surface area contributed by atoms with Crippen molar-refractivity contribution in [2.75, 3.05) is 24.8 Å². The molecule has 10 heteroatoms. The number of hydrogen-bond donors (Lipinski definition) is 4. The van der Waals surface area contributed by atoms with Gasteiger partial charge in [-0.05, 0) is 42.1 Å². The van der Waals surface area contributed by atoms with Crippen molar-refractivity contribution >= 4 is 50.7 Å². The molecule has 0 aliphatic heterocycles. The lowest BCUT2D eigenvalue weighted by atomic mass is 10.1. The van der Waals surface area contributed by atoms with Crippen LogP contribution in [0.3, 0.4) is 0 Å². The zero-order chi connectivity index (χ0) is 20.1. The van der Waals surface area contributed by atoms with Crippen molar-refractivity contribution in [1.29, 1.82) is 0 Å². The van der Waals surface area contributed by atoms with Crippen molar-refractivity contribution in [2.45, 2.75) is 11.0 Å². The summed E-state index contributed by atoms with van der Waals surface area (Å²) < 4.78 is 19.3. The van der Waals surface area contributed by atoms with Gasteiger partial charge in [0.1, 0.15) is 18.5 Å². The summed E-state index contributed by atoms with van der Waals surface area (Å²) in [6.07, 6.45) is 2.41. The Labute approximate surface area is 168 Å². The minimum Gasteiger partial charge on any atom is -0.394 e. The zero-order valence-electron chi connectivity index (χ0n) is 14.8. The second kappa shape index (κ2) is 9.30. The third kappa shape index (κ3) is 4.59. The Morgan fingerprint density at radius 2 is 2.21 bits per heavy atom. The van der Waals surface area contributed by atoms with Gasteiger partial charge in [0.2, 0.25) is 0 Å². The lowest BCUT2D eigenvalue weighted by Crippen LogP contribution is -2.30. The van der Waals surface area contributed by atoms with E-state index in [1.54, 1.807) is 30.5 Å². The first-order valence-corrected chi connectivity index (χ1v) is 10.2. The number of carbonyl (C=O) groups excluding carboxylic acids is 1. The van der Waals surface area contributed by atoms with Gasteiger partial charge < -0.3 is 15.5 Å². The molecule has 3 rings (SSSR count). The van der Waals surface area contributed by atoms with E-state index >= 15 is 0 Å². The molecule has 2 aromatic carbocycles. The van der Waals surface area contributed by atoms with Gasteiger partial charge in [0, 0.05) is 16.5 Å². The molecule has 1 amide bonds. The highest BCUT2D eigenvalue weighted by molar-refractivity contribution is 7.98. The van der Waals surface area contributed by atoms with Gasteiger partial charge in [0.25, 0.3) is 5.91 Å². The van der Waals surface area contributed by atoms with Crippen LogP contribution in [0.2, 0.25) is 0 Å². The topological polar surface area (TPSA) is 104 Å². The molecule has 3 aromatic rings. The van der Waals surface area contributed by atoms with Crippen LogP contribution in [0.4, 0.5) is 15.8 Å². The van der Waals surface area contributed by atoms with Crippen LogP contribution >= 0.6 is 23.3 Å². The van der Waals surface area contributed by atoms with Crippen LogP contribution in [0.5, 0.6) is 0 Å². The Bertz CT molecular complexity index is 983. The van der Waals surface area contributed by atoms with Crippen LogP contribution in [-0.2, 0) is 4.84 Å². The number of carbonyl (C=O) groups is 1. The smallest absolute Gasteiger partial charge is 0.277 e. The van der Waals surface area contributed by atoms with Crippen molar-refractivity contribution in [2.24, 2.45) is 0 Å². The van der Waals surface area contributed by atoms with Gasteiger partial charge in [-0.1, -0.05) is 6.07 Å². The van der Waals surface area contributed by atoms with E-state index in [1.165, 1.54) is 29.4 Å². The molecule has 1 heterocycles. The molecule has 0 saturated carbocycles. The molecule has 0 saturated heterocycles. The third-order valence-corrected chi connectivity index (χ3v) is 5.41. The number of amides is 1. The first-order valence-electron chi connectivity index (χ1n) is 8.22. The highest BCUT2D eigenvalue weighted by Gasteiger charge is 2.18. The minimum absolute atomic E-state index is 0.226. The van der Waals surface area contributed by atoms with Gasteiger partial charge in [0.15, 0.2) is 0 Å². The second-order valence-electron chi connectivity index (χ2n) is 5.78. The number of aromatic nitrogens is 1. The molecule has 1 atom stereocenters. The number of thioether (sulfide) groups is 1. The number of rotatable bonds is 8. The number of hydroxylamine groups is 1. The van der Waals surface area contributed by atoms with Gasteiger partial charge in [-0.25, -0.2) is 9.87 Å². The fourth-order valence-electron chi connectivity index (χ4n) is 2.42. The van der Waals surface area contributed by atoms with Crippen molar-refractivity contribution in [3.63, 3.8) is 0 Å². The number of hydrogen-bond acceptors (Lipinski definition) is 8. The molecule has 0 radical (unpaired) electrons. The Hall–Kier alpha value is -2.24. The van der Waals surface area contributed by atoms with E-state index in [9.17, 15) is 14.3 Å².